The zero-order valence-electron chi connectivity index (χ0n) is 7.62. The van der Waals surface area contributed by atoms with Crippen molar-refractivity contribution in [2.75, 3.05) is 0 Å². The molecule has 16 heavy (non-hydrogen) atoms. The van der Waals surface area contributed by atoms with Crippen molar-refractivity contribution in [2.24, 2.45) is 0 Å². The number of halogens is 3. The van der Waals surface area contributed by atoms with Crippen molar-refractivity contribution in [3.8, 4) is 0 Å². The van der Waals surface area contributed by atoms with Crippen molar-refractivity contribution in [3.05, 3.63) is 35.4 Å². The van der Waals surface area contributed by atoms with Gasteiger partial charge >= 0.3 is 0 Å². The lowest BCUT2D eigenvalue weighted by Crippen LogP contribution is -1.97. The zero-order valence-corrected chi connectivity index (χ0v) is 9.94. The molecule has 0 bridgehead atoms. The van der Waals surface area contributed by atoms with E-state index in [2.05, 4.69) is 4.98 Å². The van der Waals surface area contributed by atoms with E-state index >= 15 is 0 Å². The molecule has 2 rings (SSSR count). The molecule has 1 aromatic heterocycles. The highest BCUT2D eigenvalue weighted by Gasteiger charge is 2.20. The molecule has 1 heterocycles. The van der Waals surface area contributed by atoms with Crippen molar-refractivity contribution in [1.29, 1.82) is 0 Å². The Bertz CT molecular complexity index is 667. The number of nitrogens with zero attached hydrogens (tertiary/aromatic N) is 1. The first-order valence-electron chi connectivity index (χ1n) is 4.08. The molecule has 2 aromatic rings. The first-order chi connectivity index (χ1) is 7.39. The second kappa shape index (κ2) is 3.84. The third-order valence-electron chi connectivity index (χ3n) is 2.02. The molecule has 0 saturated heterocycles. The van der Waals surface area contributed by atoms with Gasteiger partial charge in [0.25, 0.3) is 9.05 Å². The van der Waals surface area contributed by atoms with Crippen LogP contribution in [-0.2, 0) is 9.05 Å². The lowest BCUT2D eigenvalue weighted by atomic mass is 10.2. The van der Waals surface area contributed by atoms with Gasteiger partial charge in [-0.05, 0) is 18.2 Å². The van der Waals surface area contributed by atoms with Gasteiger partial charge in [0.2, 0.25) is 0 Å². The van der Waals surface area contributed by atoms with Crippen LogP contribution in [0.25, 0.3) is 10.8 Å². The van der Waals surface area contributed by atoms with Crippen LogP contribution in [0, 0.1) is 5.82 Å². The molecule has 0 saturated carbocycles. The molecule has 0 aliphatic heterocycles. The van der Waals surface area contributed by atoms with Crippen LogP contribution in [0.3, 0.4) is 0 Å². The molecule has 0 aliphatic rings. The normalized spacial score (nSPS) is 11.9. The van der Waals surface area contributed by atoms with Crippen LogP contribution in [0.15, 0.2) is 29.3 Å². The zero-order chi connectivity index (χ0) is 11.9. The van der Waals surface area contributed by atoms with Crippen molar-refractivity contribution >= 4 is 42.1 Å². The summed E-state index contributed by atoms with van der Waals surface area (Å²) in [7, 11) is 0.998. The van der Waals surface area contributed by atoms with Gasteiger partial charge in [0.1, 0.15) is 15.9 Å². The fourth-order valence-electron chi connectivity index (χ4n) is 1.38. The van der Waals surface area contributed by atoms with Crippen LogP contribution in [-0.4, -0.2) is 13.4 Å². The van der Waals surface area contributed by atoms with Gasteiger partial charge in [-0.15, -0.1) is 0 Å². The number of aromatic nitrogens is 1. The highest BCUT2D eigenvalue weighted by molar-refractivity contribution is 8.14. The minimum absolute atomic E-state index is 0.0691. The van der Waals surface area contributed by atoms with Crippen LogP contribution < -0.4 is 0 Å². The quantitative estimate of drug-likeness (QED) is 0.596. The monoisotopic (exact) mass is 279 g/mol. The molecular formula is C9H4Cl2FNO2S. The van der Waals surface area contributed by atoms with Gasteiger partial charge in [0, 0.05) is 27.7 Å². The maximum absolute atomic E-state index is 13.4. The van der Waals surface area contributed by atoms with Gasteiger partial charge in [0.15, 0.2) is 0 Å². The molecule has 0 spiro atoms. The van der Waals surface area contributed by atoms with Gasteiger partial charge < -0.3 is 0 Å². The van der Waals surface area contributed by atoms with E-state index in [-0.39, 0.29) is 10.5 Å². The largest absolute Gasteiger partial charge is 0.264 e. The third-order valence-corrected chi connectivity index (χ3v) is 3.59. The van der Waals surface area contributed by atoms with Gasteiger partial charge in [0.05, 0.1) is 0 Å². The standard InChI is InChI=1S/C9H4Cl2FNO2S/c10-8-3-6-5(4-13-8)1-2-7(12)9(6)16(11,14)15/h1-4H. The van der Waals surface area contributed by atoms with E-state index in [4.69, 9.17) is 22.3 Å². The summed E-state index contributed by atoms with van der Waals surface area (Å²) in [5, 5.41) is 0.639. The summed E-state index contributed by atoms with van der Waals surface area (Å²) in [5.41, 5.74) is 0. The summed E-state index contributed by atoms with van der Waals surface area (Å²) in [4.78, 5) is 3.19. The Balaban J connectivity index is 3.00. The Morgan fingerprint density at radius 2 is 2.00 bits per heavy atom. The third kappa shape index (κ3) is 1.98. The van der Waals surface area contributed by atoms with Gasteiger partial charge in [-0.3, -0.25) is 0 Å². The van der Waals surface area contributed by atoms with E-state index in [0.29, 0.717) is 5.39 Å². The fourth-order valence-corrected chi connectivity index (χ4v) is 2.75. The highest BCUT2D eigenvalue weighted by Crippen LogP contribution is 2.29. The van der Waals surface area contributed by atoms with Gasteiger partial charge in [-0.25, -0.2) is 17.8 Å². The predicted octanol–water partition coefficient (Wildman–Crippen LogP) is 2.95. The number of fused-ring (bicyclic) bond motifs is 1. The molecule has 3 nitrogen and oxygen atoms in total. The Hall–Kier alpha value is -0.910. The van der Waals surface area contributed by atoms with Crippen LogP contribution in [0.5, 0.6) is 0 Å². The Labute approximate surface area is 100 Å². The molecule has 0 radical (unpaired) electrons. The second-order valence-electron chi connectivity index (χ2n) is 3.04. The van der Waals surface area contributed by atoms with E-state index in [1.54, 1.807) is 0 Å². The van der Waals surface area contributed by atoms with Crippen LogP contribution in [0.4, 0.5) is 4.39 Å². The molecule has 0 unspecified atom stereocenters. The summed E-state index contributed by atoms with van der Waals surface area (Å²) >= 11 is 5.62. The van der Waals surface area contributed by atoms with Crippen LogP contribution in [0.2, 0.25) is 5.15 Å². The minimum atomic E-state index is -4.17. The summed E-state index contributed by atoms with van der Waals surface area (Å²) in [6.07, 6.45) is 1.35. The predicted molar refractivity (Wildman–Crippen MR) is 59.7 cm³/mol. The number of benzene rings is 1. The summed E-state index contributed by atoms with van der Waals surface area (Å²) in [6.45, 7) is 0. The van der Waals surface area contributed by atoms with E-state index < -0.39 is 19.8 Å². The van der Waals surface area contributed by atoms with Crippen molar-refractivity contribution in [2.45, 2.75) is 4.90 Å². The Kier molecular flexibility index (Phi) is 2.77. The van der Waals surface area contributed by atoms with Crippen LogP contribution >= 0.6 is 22.3 Å². The maximum atomic E-state index is 13.4. The summed E-state index contributed by atoms with van der Waals surface area (Å²) in [6, 6.07) is 3.68. The maximum Gasteiger partial charge on any atom is 0.264 e. The molecule has 0 aliphatic carbocycles. The average Bonchev–Trinajstić information content (AvgIpc) is 2.14. The lowest BCUT2D eigenvalue weighted by molar-refractivity contribution is 0.579. The number of hydrogen-bond acceptors (Lipinski definition) is 3. The molecule has 0 fully saturated rings. The summed E-state index contributed by atoms with van der Waals surface area (Å²) < 4.78 is 35.9. The Morgan fingerprint density at radius 3 is 2.62 bits per heavy atom. The van der Waals surface area contributed by atoms with Crippen LogP contribution in [0.1, 0.15) is 0 Å². The molecule has 84 valence electrons. The average molecular weight is 280 g/mol. The molecule has 0 N–H and O–H groups in total. The van der Waals surface area contributed by atoms with Crippen molar-refractivity contribution in [3.63, 3.8) is 0 Å². The first kappa shape index (κ1) is 11.6. The number of hydrogen-bond donors (Lipinski definition) is 0. The lowest BCUT2D eigenvalue weighted by Gasteiger charge is -2.04. The highest BCUT2D eigenvalue weighted by atomic mass is 35.7. The van der Waals surface area contributed by atoms with E-state index in [1.165, 1.54) is 18.3 Å². The van der Waals surface area contributed by atoms with Crippen molar-refractivity contribution < 1.29 is 12.8 Å². The van der Waals surface area contributed by atoms with Crippen molar-refractivity contribution in [1.82, 2.24) is 4.98 Å². The minimum Gasteiger partial charge on any atom is -0.244 e. The molecular weight excluding hydrogens is 276 g/mol. The smallest absolute Gasteiger partial charge is 0.244 e. The molecule has 0 amide bonds. The molecule has 1 aromatic carbocycles. The van der Waals surface area contributed by atoms with E-state index in [0.717, 1.165) is 6.07 Å². The molecule has 0 atom stereocenters. The SMILES string of the molecule is O=S(=O)(Cl)c1c(F)ccc2cnc(Cl)cc12. The topological polar surface area (TPSA) is 47.0 Å². The first-order valence-corrected chi connectivity index (χ1v) is 6.77. The van der Waals surface area contributed by atoms with Gasteiger partial charge in [-0.1, -0.05) is 11.6 Å². The Morgan fingerprint density at radius 1 is 1.31 bits per heavy atom. The van der Waals surface area contributed by atoms with E-state index in [1.807, 2.05) is 0 Å². The fraction of sp³-hybridized carbons (Fsp3) is 0. The van der Waals surface area contributed by atoms with Gasteiger partial charge in [-0.2, -0.15) is 0 Å². The number of rotatable bonds is 1. The number of pyridine rings is 1. The second-order valence-corrected chi connectivity index (χ2v) is 5.93. The summed E-state index contributed by atoms with van der Waals surface area (Å²) in [5.74, 6) is -0.912. The molecule has 7 heteroatoms. The van der Waals surface area contributed by atoms with E-state index in [9.17, 15) is 12.8 Å².